The van der Waals surface area contributed by atoms with Crippen molar-refractivity contribution in [2.45, 2.75) is 20.3 Å². The summed E-state index contributed by atoms with van der Waals surface area (Å²) in [6, 6.07) is 3.43. The van der Waals surface area contributed by atoms with Gasteiger partial charge in [0.2, 0.25) is 0 Å². The van der Waals surface area contributed by atoms with Gasteiger partial charge in [0.05, 0.1) is 5.02 Å². The summed E-state index contributed by atoms with van der Waals surface area (Å²) in [5, 5.41) is 3.29. The third-order valence-corrected chi connectivity index (χ3v) is 2.77. The lowest BCUT2D eigenvalue weighted by atomic mass is 10.3. The Hall–Kier alpha value is -1.29. The van der Waals surface area contributed by atoms with Gasteiger partial charge >= 0.3 is 0 Å². The summed E-state index contributed by atoms with van der Waals surface area (Å²) < 4.78 is 0. The molecule has 1 N–H and O–H groups in total. The molecular weight excluding hydrogens is 238 g/mol. The van der Waals surface area contributed by atoms with Crippen LogP contribution >= 0.6 is 11.6 Å². The lowest BCUT2D eigenvalue weighted by Crippen LogP contribution is -2.32. The molecule has 0 aliphatic carbocycles. The van der Waals surface area contributed by atoms with Gasteiger partial charge in [-0.1, -0.05) is 18.5 Å². The molecule has 0 radical (unpaired) electrons. The third kappa shape index (κ3) is 3.33. The fourth-order valence-electron chi connectivity index (χ4n) is 1.55. The van der Waals surface area contributed by atoms with Crippen LogP contribution in [-0.4, -0.2) is 35.9 Å². The van der Waals surface area contributed by atoms with Crippen molar-refractivity contribution < 1.29 is 4.79 Å². The summed E-state index contributed by atoms with van der Waals surface area (Å²) in [5.41, 5.74) is 0.314. The van der Waals surface area contributed by atoms with E-state index in [0.29, 0.717) is 23.1 Å². The van der Waals surface area contributed by atoms with Gasteiger partial charge in [-0.25, -0.2) is 4.98 Å². The molecule has 1 aromatic heterocycles. The Morgan fingerprint density at radius 3 is 2.71 bits per heavy atom. The Bertz CT molecular complexity index is 395. The molecule has 4 nitrogen and oxygen atoms in total. The highest BCUT2D eigenvalue weighted by atomic mass is 35.5. The molecule has 1 aromatic rings. The van der Waals surface area contributed by atoms with Crippen LogP contribution in [0.25, 0.3) is 0 Å². The van der Waals surface area contributed by atoms with Gasteiger partial charge in [0.15, 0.2) is 0 Å². The van der Waals surface area contributed by atoms with Crippen LogP contribution in [0.4, 0.5) is 5.82 Å². The SMILES string of the molecule is CCCN(CC)C(=O)c1nc(NC)ccc1Cl. The number of anilines is 1. The number of hydrogen-bond donors (Lipinski definition) is 1. The first-order valence-corrected chi connectivity index (χ1v) is 6.15. The predicted molar refractivity (Wildman–Crippen MR) is 70.7 cm³/mol. The minimum Gasteiger partial charge on any atom is -0.373 e. The van der Waals surface area contributed by atoms with Crippen LogP contribution < -0.4 is 5.32 Å². The molecule has 0 saturated carbocycles. The Kier molecular flexibility index (Phi) is 5.22. The molecule has 0 atom stereocenters. The quantitative estimate of drug-likeness (QED) is 0.880. The first-order chi connectivity index (χ1) is 8.13. The number of aromatic nitrogens is 1. The average Bonchev–Trinajstić information content (AvgIpc) is 2.35. The Morgan fingerprint density at radius 1 is 1.47 bits per heavy atom. The summed E-state index contributed by atoms with van der Waals surface area (Å²) in [6.07, 6.45) is 0.920. The third-order valence-electron chi connectivity index (χ3n) is 2.47. The fourth-order valence-corrected chi connectivity index (χ4v) is 1.74. The number of nitrogens with one attached hydrogen (secondary N) is 1. The van der Waals surface area contributed by atoms with E-state index in [1.807, 2.05) is 13.8 Å². The second-order valence-corrected chi connectivity index (χ2v) is 4.07. The number of pyridine rings is 1. The average molecular weight is 256 g/mol. The van der Waals surface area contributed by atoms with E-state index in [1.54, 1.807) is 24.1 Å². The number of amides is 1. The van der Waals surface area contributed by atoms with Crippen molar-refractivity contribution in [3.05, 3.63) is 22.8 Å². The summed E-state index contributed by atoms with van der Waals surface area (Å²) in [6.45, 7) is 5.37. The zero-order valence-corrected chi connectivity index (χ0v) is 11.2. The molecule has 0 fully saturated rings. The van der Waals surface area contributed by atoms with Crippen molar-refractivity contribution >= 4 is 23.3 Å². The molecular formula is C12H18ClN3O. The Labute approximate surface area is 107 Å². The second-order valence-electron chi connectivity index (χ2n) is 3.66. The zero-order chi connectivity index (χ0) is 12.8. The predicted octanol–water partition coefficient (Wildman–Crippen LogP) is 2.65. The Morgan fingerprint density at radius 2 is 2.18 bits per heavy atom. The van der Waals surface area contributed by atoms with Crippen LogP contribution in [0.2, 0.25) is 5.02 Å². The largest absolute Gasteiger partial charge is 0.373 e. The lowest BCUT2D eigenvalue weighted by Gasteiger charge is -2.20. The van der Waals surface area contributed by atoms with E-state index in [1.165, 1.54) is 0 Å². The van der Waals surface area contributed by atoms with Crippen molar-refractivity contribution in [2.24, 2.45) is 0 Å². The highest BCUT2D eigenvalue weighted by molar-refractivity contribution is 6.33. The van der Waals surface area contributed by atoms with Gasteiger partial charge in [-0.2, -0.15) is 0 Å². The van der Waals surface area contributed by atoms with Crippen LogP contribution in [-0.2, 0) is 0 Å². The van der Waals surface area contributed by atoms with Crippen molar-refractivity contribution in [1.29, 1.82) is 0 Å². The lowest BCUT2D eigenvalue weighted by molar-refractivity contribution is 0.0759. The van der Waals surface area contributed by atoms with Crippen LogP contribution in [0, 0.1) is 0 Å². The molecule has 1 heterocycles. The molecule has 0 aromatic carbocycles. The van der Waals surface area contributed by atoms with E-state index >= 15 is 0 Å². The van der Waals surface area contributed by atoms with Crippen molar-refractivity contribution in [2.75, 3.05) is 25.5 Å². The first kappa shape index (κ1) is 13.8. The summed E-state index contributed by atoms with van der Waals surface area (Å²) in [4.78, 5) is 18.2. The minimum atomic E-state index is -0.114. The number of hydrogen-bond acceptors (Lipinski definition) is 3. The molecule has 94 valence electrons. The molecule has 0 spiro atoms. The maximum atomic E-state index is 12.2. The molecule has 17 heavy (non-hydrogen) atoms. The zero-order valence-electron chi connectivity index (χ0n) is 10.5. The normalized spacial score (nSPS) is 10.1. The molecule has 1 rings (SSSR count). The fraction of sp³-hybridized carbons (Fsp3) is 0.500. The summed E-state index contributed by atoms with van der Waals surface area (Å²) in [5.74, 6) is 0.529. The molecule has 0 unspecified atom stereocenters. The van der Waals surface area contributed by atoms with Crippen molar-refractivity contribution in [3.8, 4) is 0 Å². The maximum absolute atomic E-state index is 12.2. The van der Waals surface area contributed by atoms with Gasteiger partial charge in [0.1, 0.15) is 11.5 Å². The highest BCUT2D eigenvalue weighted by Gasteiger charge is 2.18. The van der Waals surface area contributed by atoms with Gasteiger partial charge in [0.25, 0.3) is 5.91 Å². The number of carbonyl (C=O) groups is 1. The second kappa shape index (κ2) is 6.45. The first-order valence-electron chi connectivity index (χ1n) is 5.77. The molecule has 0 saturated heterocycles. The molecule has 1 amide bonds. The number of halogens is 1. The van der Waals surface area contributed by atoms with Crippen molar-refractivity contribution in [1.82, 2.24) is 9.88 Å². The monoisotopic (exact) mass is 255 g/mol. The molecule has 0 aliphatic heterocycles. The Balaban J connectivity index is 3.01. The van der Waals surface area contributed by atoms with Crippen LogP contribution in [0.3, 0.4) is 0 Å². The van der Waals surface area contributed by atoms with E-state index in [0.717, 1.165) is 13.0 Å². The number of carbonyl (C=O) groups excluding carboxylic acids is 1. The van der Waals surface area contributed by atoms with Gasteiger partial charge in [-0.3, -0.25) is 4.79 Å². The van der Waals surface area contributed by atoms with Crippen LogP contribution in [0.5, 0.6) is 0 Å². The van der Waals surface area contributed by atoms with E-state index in [4.69, 9.17) is 11.6 Å². The van der Waals surface area contributed by atoms with Gasteiger partial charge < -0.3 is 10.2 Å². The molecule has 5 heteroatoms. The summed E-state index contributed by atoms with van der Waals surface area (Å²) in [7, 11) is 1.76. The van der Waals surface area contributed by atoms with E-state index < -0.39 is 0 Å². The van der Waals surface area contributed by atoms with Gasteiger partial charge in [-0.15, -0.1) is 0 Å². The standard InChI is InChI=1S/C12H18ClN3O/c1-4-8-16(5-2)12(17)11-9(13)6-7-10(14-3)15-11/h6-7H,4-5,8H2,1-3H3,(H,14,15). The number of nitrogens with zero attached hydrogens (tertiary/aromatic N) is 2. The van der Waals surface area contributed by atoms with Crippen LogP contribution in [0.15, 0.2) is 12.1 Å². The maximum Gasteiger partial charge on any atom is 0.274 e. The smallest absolute Gasteiger partial charge is 0.274 e. The molecule has 0 aliphatic rings. The van der Waals surface area contributed by atoms with E-state index in [2.05, 4.69) is 10.3 Å². The number of rotatable bonds is 5. The minimum absolute atomic E-state index is 0.114. The highest BCUT2D eigenvalue weighted by Crippen LogP contribution is 2.18. The van der Waals surface area contributed by atoms with Crippen LogP contribution in [0.1, 0.15) is 30.8 Å². The van der Waals surface area contributed by atoms with E-state index in [9.17, 15) is 4.79 Å². The van der Waals surface area contributed by atoms with Gasteiger partial charge in [-0.05, 0) is 25.5 Å². The van der Waals surface area contributed by atoms with Crippen molar-refractivity contribution in [3.63, 3.8) is 0 Å². The topological polar surface area (TPSA) is 45.2 Å². The van der Waals surface area contributed by atoms with E-state index in [-0.39, 0.29) is 5.91 Å². The van der Waals surface area contributed by atoms with Gasteiger partial charge in [0, 0.05) is 20.1 Å². The molecule has 0 bridgehead atoms. The summed E-state index contributed by atoms with van der Waals surface area (Å²) >= 11 is 6.01.